The van der Waals surface area contributed by atoms with Crippen LogP contribution in [0.25, 0.3) is 0 Å². The van der Waals surface area contributed by atoms with Gasteiger partial charge in [-0.3, -0.25) is 5.10 Å². The van der Waals surface area contributed by atoms with Crippen molar-refractivity contribution in [3.05, 3.63) is 17.5 Å². The first kappa shape index (κ1) is 10.7. The molecule has 2 N–H and O–H groups in total. The predicted octanol–water partition coefficient (Wildman–Crippen LogP) is 2.18. The Morgan fingerprint density at radius 3 is 2.93 bits per heavy atom. The summed E-state index contributed by atoms with van der Waals surface area (Å²) in [5.41, 5.74) is 2.58. The molecule has 0 bridgehead atoms. The average Bonchev–Trinajstić information content (AvgIpc) is 2.85. The minimum atomic E-state index is 0.801. The second-order valence-electron chi connectivity index (χ2n) is 4.56. The molecule has 3 heteroatoms. The zero-order chi connectivity index (χ0) is 10.5. The quantitative estimate of drug-likeness (QED) is 0.727. The van der Waals surface area contributed by atoms with Crippen molar-refractivity contribution in [3.63, 3.8) is 0 Å². The normalized spacial score (nSPS) is 17.4. The summed E-state index contributed by atoms with van der Waals surface area (Å²) in [5, 5.41) is 10.6. The minimum absolute atomic E-state index is 0.801. The Kier molecular flexibility index (Phi) is 3.78. The molecule has 1 fully saturated rings. The molecular weight excluding hydrogens is 186 g/mol. The van der Waals surface area contributed by atoms with Crippen LogP contribution in [0, 0.1) is 6.92 Å². The van der Waals surface area contributed by atoms with Crippen LogP contribution in [0.15, 0.2) is 6.20 Å². The summed E-state index contributed by atoms with van der Waals surface area (Å²) in [4.78, 5) is 0. The molecule has 1 heterocycles. The van der Waals surface area contributed by atoms with Gasteiger partial charge in [-0.15, -0.1) is 0 Å². The van der Waals surface area contributed by atoms with E-state index in [1.54, 1.807) is 0 Å². The van der Waals surface area contributed by atoms with Gasteiger partial charge in [-0.25, -0.2) is 0 Å². The standard InChI is InChI=1S/C12H21N3/c1-10-11(9-14-15-10)5-4-8-13-12-6-2-3-7-12/h9,12-13H,2-8H2,1H3,(H,14,15). The Bertz CT molecular complexity index is 287. The molecule has 1 saturated carbocycles. The van der Waals surface area contributed by atoms with Crippen LogP contribution in [0.5, 0.6) is 0 Å². The van der Waals surface area contributed by atoms with Gasteiger partial charge in [-0.05, 0) is 44.7 Å². The lowest BCUT2D eigenvalue weighted by Gasteiger charge is -2.10. The van der Waals surface area contributed by atoms with Crippen molar-refractivity contribution in [1.82, 2.24) is 15.5 Å². The molecule has 0 unspecified atom stereocenters. The number of nitrogens with one attached hydrogen (secondary N) is 2. The first-order valence-corrected chi connectivity index (χ1v) is 6.08. The van der Waals surface area contributed by atoms with Crippen LogP contribution in [0.4, 0.5) is 0 Å². The Morgan fingerprint density at radius 1 is 1.47 bits per heavy atom. The number of hydrogen-bond donors (Lipinski definition) is 2. The molecule has 0 aliphatic heterocycles. The van der Waals surface area contributed by atoms with E-state index in [0.29, 0.717) is 0 Å². The lowest BCUT2D eigenvalue weighted by atomic mass is 10.1. The smallest absolute Gasteiger partial charge is 0.0522 e. The summed E-state index contributed by atoms with van der Waals surface area (Å²) in [6.07, 6.45) is 9.90. The monoisotopic (exact) mass is 207 g/mol. The predicted molar refractivity (Wildman–Crippen MR) is 61.9 cm³/mol. The number of rotatable bonds is 5. The molecule has 1 aromatic rings. The number of hydrogen-bond acceptors (Lipinski definition) is 2. The highest BCUT2D eigenvalue weighted by Gasteiger charge is 2.13. The summed E-state index contributed by atoms with van der Waals surface area (Å²) in [6.45, 7) is 3.24. The van der Waals surface area contributed by atoms with Crippen molar-refractivity contribution in [3.8, 4) is 0 Å². The van der Waals surface area contributed by atoms with Crippen LogP contribution >= 0.6 is 0 Å². The summed E-state index contributed by atoms with van der Waals surface area (Å²) >= 11 is 0. The van der Waals surface area contributed by atoms with Crippen LogP contribution < -0.4 is 5.32 Å². The molecule has 1 aliphatic rings. The number of nitrogens with zero attached hydrogens (tertiary/aromatic N) is 1. The topological polar surface area (TPSA) is 40.7 Å². The van der Waals surface area contributed by atoms with E-state index in [1.165, 1.54) is 43.4 Å². The zero-order valence-electron chi connectivity index (χ0n) is 9.55. The van der Waals surface area contributed by atoms with Crippen molar-refractivity contribution in [1.29, 1.82) is 0 Å². The minimum Gasteiger partial charge on any atom is -0.314 e. The lowest BCUT2D eigenvalue weighted by Crippen LogP contribution is -2.27. The highest BCUT2D eigenvalue weighted by Crippen LogP contribution is 2.17. The van der Waals surface area contributed by atoms with E-state index >= 15 is 0 Å². The molecule has 0 spiro atoms. The largest absolute Gasteiger partial charge is 0.314 e. The van der Waals surface area contributed by atoms with E-state index in [-0.39, 0.29) is 0 Å². The fourth-order valence-electron chi connectivity index (χ4n) is 2.34. The van der Waals surface area contributed by atoms with Crippen LogP contribution in [0.2, 0.25) is 0 Å². The van der Waals surface area contributed by atoms with Gasteiger partial charge in [0, 0.05) is 11.7 Å². The Hall–Kier alpha value is -0.830. The van der Waals surface area contributed by atoms with Crippen LogP contribution in [0.1, 0.15) is 43.4 Å². The second kappa shape index (κ2) is 5.31. The Morgan fingerprint density at radius 2 is 2.27 bits per heavy atom. The SMILES string of the molecule is Cc1[nH]ncc1CCCNC1CCCC1. The number of aryl methyl sites for hydroxylation is 2. The molecule has 0 amide bonds. The molecular formula is C12H21N3. The van der Waals surface area contributed by atoms with E-state index < -0.39 is 0 Å². The molecule has 15 heavy (non-hydrogen) atoms. The van der Waals surface area contributed by atoms with E-state index in [9.17, 15) is 0 Å². The number of aromatic nitrogens is 2. The Balaban J connectivity index is 1.60. The van der Waals surface area contributed by atoms with E-state index in [2.05, 4.69) is 22.4 Å². The molecule has 84 valence electrons. The third-order valence-electron chi connectivity index (χ3n) is 3.35. The number of aromatic amines is 1. The molecule has 0 radical (unpaired) electrons. The summed E-state index contributed by atoms with van der Waals surface area (Å²) in [6, 6.07) is 0.801. The fourth-order valence-corrected chi connectivity index (χ4v) is 2.34. The van der Waals surface area contributed by atoms with Crippen LogP contribution in [0.3, 0.4) is 0 Å². The van der Waals surface area contributed by atoms with Gasteiger partial charge < -0.3 is 5.32 Å². The maximum absolute atomic E-state index is 4.03. The maximum atomic E-state index is 4.03. The van der Waals surface area contributed by atoms with Gasteiger partial charge in [0.25, 0.3) is 0 Å². The first-order chi connectivity index (χ1) is 7.36. The Labute approximate surface area is 91.7 Å². The number of H-pyrrole nitrogens is 1. The zero-order valence-corrected chi connectivity index (χ0v) is 9.55. The van der Waals surface area contributed by atoms with Crippen molar-refractivity contribution in [2.75, 3.05) is 6.54 Å². The van der Waals surface area contributed by atoms with E-state index in [4.69, 9.17) is 0 Å². The van der Waals surface area contributed by atoms with Crippen molar-refractivity contribution >= 4 is 0 Å². The van der Waals surface area contributed by atoms with Crippen molar-refractivity contribution in [2.45, 2.75) is 51.5 Å². The van der Waals surface area contributed by atoms with E-state index in [0.717, 1.165) is 19.0 Å². The maximum Gasteiger partial charge on any atom is 0.0522 e. The van der Waals surface area contributed by atoms with Gasteiger partial charge in [0.15, 0.2) is 0 Å². The van der Waals surface area contributed by atoms with E-state index in [1.807, 2.05) is 6.20 Å². The summed E-state index contributed by atoms with van der Waals surface area (Å²) in [7, 11) is 0. The molecule has 1 aromatic heterocycles. The van der Waals surface area contributed by atoms with Crippen molar-refractivity contribution in [2.24, 2.45) is 0 Å². The summed E-state index contributed by atoms with van der Waals surface area (Å²) in [5.74, 6) is 0. The van der Waals surface area contributed by atoms with Crippen molar-refractivity contribution < 1.29 is 0 Å². The fraction of sp³-hybridized carbons (Fsp3) is 0.750. The highest BCUT2D eigenvalue weighted by atomic mass is 15.1. The third-order valence-corrected chi connectivity index (χ3v) is 3.35. The van der Waals surface area contributed by atoms with Gasteiger partial charge in [0.2, 0.25) is 0 Å². The van der Waals surface area contributed by atoms with Gasteiger partial charge in [0.1, 0.15) is 0 Å². The highest BCUT2D eigenvalue weighted by molar-refractivity contribution is 5.14. The summed E-state index contributed by atoms with van der Waals surface area (Å²) < 4.78 is 0. The molecule has 2 rings (SSSR count). The third kappa shape index (κ3) is 3.06. The lowest BCUT2D eigenvalue weighted by molar-refractivity contribution is 0.515. The molecule has 0 saturated heterocycles. The molecule has 0 atom stereocenters. The molecule has 3 nitrogen and oxygen atoms in total. The average molecular weight is 207 g/mol. The molecule has 1 aliphatic carbocycles. The molecule has 0 aromatic carbocycles. The van der Waals surface area contributed by atoms with Crippen LogP contribution in [-0.2, 0) is 6.42 Å². The van der Waals surface area contributed by atoms with Gasteiger partial charge in [0.05, 0.1) is 6.20 Å². The van der Waals surface area contributed by atoms with Gasteiger partial charge in [-0.1, -0.05) is 12.8 Å². The second-order valence-corrected chi connectivity index (χ2v) is 4.56. The van der Waals surface area contributed by atoms with Gasteiger partial charge in [-0.2, -0.15) is 5.10 Å². The van der Waals surface area contributed by atoms with Gasteiger partial charge >= 0.3 is 0 Å². The first-order valence-electron chi connectivity index (χ1n) is 6.08. The van der Waals surface area contributed by atoms with Crippen LogP contribution in [-0.4, -0.2) is 22.8 Å².